The van der Waals surface area contributed by atoms with Crippen LogP contribution < -0.4 is 9.64 Å². The van der Waals surface area contributed by atoms with Crippen LogP contribution in [-0.2, 0) is 5.41 Å². The van der Waals surface area contributed by atoms with Crippen molar-refractivity contribution >= 4 is 82.1 Å². The van der Waals surface area contributed by atoms with Crippen molar-refractivity contribution in [3.05, 3.63) is 259 Å². The Morgan fingerprint density at radius 1 is 0.338 bits per heavy atom. The molecule has 68 heavy (non-hydrogen) atoms. The molecule has 1 aromatic heterocycles. The summed E-state index contributed by atoms with van der Waals surface area (Å²) in [6.45, 7) is 0. The number of fused-ring (bicyclic) bond motifs is 22. The number of benzene rings is 12. The fourth-order valence-electron chi connectivity index (χ4n) is 12.2. The fraction of sp³-hybridized carbons (Fsp3) is 0.0154. The molecule has 3 nitrogen and oxygen atoms in total. The zero-order valence-corrected chi connectivity index (χ0v) is 36.8. The van der Waals surface area contributed by atoms with Crippen molar-refractivity contribution in [1.82, 2.24) is 0 Å². The third-order valence-electron chi connectivity index (χ3n) is 14.8. The van der Waals surface area contributed by atoms with Crippen LogP contribution in [0.25, 0.3) is 87.3 Å². The second kappa shape index (κ2) is 14.0. The first-order valence-electron chi connectivity index (χ1n) is 23.4. The highest BCUT2D eigenvalue weighted by Gasteiger charge is 2.54. The highest BCUT2D eigenvalue weighted by molar-refractivity contribution is 6.19. The lowest BCUT2D eigenvalue weighted by molar-refractivity contribution is 0.451. The summed E-state index contributed by atoms with van der Waals surface area (Å²) in [7, 11) is 0. The van der Waals surface area contributed by atoms with Gasteiger partial charge < -0.3 is 14.1 Å². The van der Waals surface area contributed by atoms with Crippen molar-refractivity contribution < 1.29 is 9.15 Å². The molecule has 3 heteroatoms. The maximum absolute atomic E-state index is 7.61. The third kappa shape index (κ3) is 4.92. The molecule has 316 valence electrons. The van der Waals surface area contributed by atoms with Crippen LogP contribution in [0.5, 0.6) is 11.5 Å². The van der Waals surface area contributed by atoms with Crippen molar-refractivity contribution in [2.24, 2.45) is 0 Å². The summed E-state index contributed by atoms with van der Waals surface area (Å²) in [6.07, 6.45) is 0. The molecule has 1 spiro atoms. The molecule has 0 fully saturated rings. The topological polar surface area (TPSA) is 25.6 Å². The van der Waals surface area contributed by atoms with Gasteiger partial charge in [0.2, 0.25) is 0 Å². The molecule has 0 amide bonds. The largest absolute Gasteiger partial charge is 0.455 e. The molecular formula is C65H39NO2. The summed E-state index contributed by atoms with van der Waals surface area (Å²) < 4.78 is 14.3. The van der Waals surface area contributed by atoms with E-state index in [-0.39, 0.29) is 0 Å². The fourth-order valence-corrected chi connectivity index (χ4v) is 12.2. The lowest BCUT2D eigenvalue weighted by Crippen LogP contribution is -2.33. The molecular weight excluding hydrogens is 827 g/mol. The van der Waals surface area contributed by atoms with Gasteiger partial charge in [-0.3, -0.25) is 0 Å². The second-order valence-electron chi connectivity index (χ2n) is 18.2. The average Bonchev–Trinajstić information content (AvgIpc) is 3.94. The van der Waals surface area contributed by atoms with Gasteiger partial charge in [-0.2, -0.15) is 0 Å². The van der Waals surface area contributed by atoms with Crippen LogP contribution in [0.1, 0.15) is 22.3 Å². The predicted octanol–water partition coefficient (Wildman–Crippen LogP) is 17.8. The first kappa shape index (κ1) is 37.3. The van der Waals surface area contributed by atoms with E-state index in [1.807, 2.05) is 6.07 Å². The van der Waals surface area contributed by atoms with Crippen LogP contribution in [-0.4, -0.2) is 0 Å². The summed E-state index contributed by atoms with van der Waals surface area (Å²) in [5.41, 5.74) is 13.7. The van der Waals surface area contributed by atoms with Crippen molar-refractivity contribution in [3.8, 4) is 33.8 Å². The zero-order valence-electron chi connectivity index (χ0n) is 36.8. The molecule has 0 radical (unpaired) electrons. The third-order valence-corrected chi connectivity index (χ3v) is 14.8. The highest BCUT2D eigenvalue weighted by Crippen LogP contribution is 2.68. The van der Waals surface area contributed by atoms with Crippen LogP contribution in [0.3, 0.4) is 0 Å². The van der Waals surface area contributed by atoms with E-state index in [2.05, 4.69) is 235 Å². The van der Waals surface area contributed by atoms with E-state index in [1.165, 1.54) is 71.3 Å². The van der Waals surface area contributed by atoms with Crippen molar-refractivity contribution in [3.63, 3.8) is 0 Å². The minimum atomic E-state index is -0.761. The van der Waals surface area contributed by atoms with E-state index in [0.717, 1.165) is 66.8 Å². The van der Waals surface area contributed by atoms with Gasteiger partial charge in [-0.25, -0.2) is 0 Å². The normalized spacial score (nSPS) is 13.2. The number of rotatable bonds is 4. The molecule has 1 aliphatic heterocycles. The zero-order chi connectivity index (χ0) is 44.5. The first-order valence-corrected chi connectivity index (χ1v) is 23.4. The SMILES string of the molecule is c1ccc(N(c2cccc(-c3cccc4c3-c3ccccc3C43c4c(c5ccccc5c5ccccc45)Oc4c3c3ccccc3c3ccccc43)c2)c2cccc3c2oc2ccccc23)cc1. The molecule has 2 aliphatic rings. The molecule has 13 aromatic rings. The van der Waals surface area contributed by atoms with Gasteiger partial charge in [-0.15, -0.1) is 0 Å². The van der Waals surface area contributed by atoms with Gasteiger partial charge in [0.1, 0.15) is 17.1 Å². The lowest BCUT2D eigenvalue weighted by Gasteiger charge is -2.42. The van der Waals surface area contributed by atoms with Gasteiger partial charge in [0.25, 0.3) is 0 Å². The minimum absolute atomic E-state index is 0.761. The molecule has 0 bridgehead atoms. The van der Waals surface area contributed by atoms with Gasteiger partial charge >= 0.3 is 0 Å². The number of hydrogen-bond acceptors (Lipinski definition) is 3. The van der Waals surface area contributed by atoms with Crippen molar-refractivity contribution in [2.75, 3.05) is 4.90 Å². The Balaban J connectivity index is 1.05. The number of hydrogen-bond donors (Lipinski definition) is 0. The Hall–Kier alpha value is -8.92. The van der Waals surface area contributed by atoms with Crippen LogP contribution >= 0.6 is 0 Å². The quantitative estimate of drug-likeness (QED) is 0.165. The molecule has 2 heterocycles. The van der Waals surface area contributed by atoms with Crippen molar-refractivity contribution in [1.29, 1.82) is 0 Å². The van der Waals surface area contributed by atoms with E-state index in [0.29, 0.717) is 0 Å². The Bertz CT molecular complexity index is 4130. The molecule has 15 rings (SSSR count). The standard InChI is InChI=1S/C65H39NO2/c1-2-20-41(21-3-1)66(57-37-18-34-53-48-27-13-15-38-58(48)67-62(53)57)42-22-16-19-40(39-42)43-33-17-36-56-59(43)54-32-12-14-35-55(54)65(56)60-49-28-8-4-23-44(49)46-25-6-10-30-51(46)63(60)68-64-52-31-11-7-26-47(52)45-24-5-9-29-50(45)61(64)65/h1-39H. The maximum Gasteiger partial charge on any atom is 0.159 e. The predicted molar refractivity (Wildman–Crippen MR) is 281 cm³/mol. The molecule has 0 saturated heterocycles. The van der Waals surface area contributed by atoms with Crippen LogP contribution in [0.2, 0.25) is 0 Å². The second-order valence-corrected chi connectivity index (χ2v) is 18.2. The van der Waals surface area contributed by atoms with Gasteiger partial charge in [0.05, 0.1) is 11.1 Å². The molecule has 0 saturated carbocycles. The molecule has 1 aliphatic carbocycles. The van der Waals surface area contributed by atoms with Gasteiger partial charge in [-0.05, 0) is 102 Å². The molecule has 12 aromatic carbocycles. The van der Waals surface area contributed by atoms with E-state index >= 15 is 0 Å². The first-order chi connectivity index (χ1) is 33.8. The Labute approximate surface area is 392 Å². The monoisotopic (exact) mass is 865 g/mol. The average molecular weight is 866 g/mol. The maximum atomic E-state index is 7.61. The van der Waals surface area contributed by atoms with Gasteiger partial charge in [0, 0.05) is 44.0 Å². The Morgan fingerprint density at radius 3 is 1.51 bits per heavy atom. The summed E-state index contributed by atoms with van der Waals surface area (Å²) >= 11 is 0. The summed E-state index contributed by atoms with van der Waals surface area (Å²) in [4.78, 5) is 2.34. The molecule has 0 unspecified atom stereocenters. The molecule has 0 N–H and O–H groups in total. The van der Waals surface area contributed by atoms with Gasteiger partial charge in [0.15, 0.2) is 5.58 Å². The van der Waals surface area contributed by atoms with E-state index < -0.39 is 5.41 Å². The minimum Gasteiger partial charge on any atom is -0.455 e. The van der Waals surface area contributed by atoms with Gasteiger partial charge in [-0.1, -0.05) is 200 Å². The summed E-state index contributed by atoms with van der Waals surface area (Å²) in [5, 5.41) is 11.6. The smallest absolute Gasteiger partial charge is 0.159 e. The number of ether oxygens (including phenoxy) is 1. The lowest BCUT2D eigenvalue weighted by atomic mass is 9.63. The number of furan rings is 1. The number of para-hydroxylation sites is 3. The summed E-state index contributed by atoms with van der Waals surface area (Å²) in [6, 6.07) is 86.1. The van der Waals surface area contributed by atoms with E-state index in [9.17, 15) is 0 Å². The Morgan fingerprint density at radius 2 is 0.824 bits per heavy atom. The van der Waals surface area contributed by atoms with E-state index in [1.54, 1.807) is 0 Å². The van der Waals surface area contributed by atoms with Crippen molar-refractivity contribution in [2.45, 2.75) is 5.41 Å². The summed E-state index contributed by atoms with van der Waals surface area (Å²) in [5.74, 6) is 1.83. The van der Waals surface area contributed by atoms with E-state index in [4.69, 9.17) is 9.15 Å². The highest BCUT2D eigenvalue weighted by atomic mass is 16.5. The Kier molecular flexibility index (Phi) is 7.71. The molecule has 0 atom stereocenters. The number of anilines is 3. The van der Waals surface area contributed by atoms with Crippen LogP contribution in [0, 0.1) is 0 Å². The van der Waals surface area contributed by atoms with Crippen LogP contribution in [0.4, 0.5) is 17.1 Å². The number of nitrogens with zero attached hydrogens (tertiary/aromatic N) is 1. The van der Waals surface area contributed by atoms with Crippen LogP contribution in [0.15, 0.2) is 241 Å².